The first-order valence-corrected chi connectivity index (χ1v) is 5.40. The SMILES string of the molecule is Nc1nc(Oc2ccccc2OC(F)(F)F)c(F)cc1F. The van der Waals surface area contributed by atoms with E-state index in [-0.39, 0.29) is 0 Å². The maximum atomic E-state index is 13.4. The summed E-state index contributed by atoms with van der Waals surface area (Å²) in [4.78, 5) is 3.27. The maximum Gasteiger partial charge on any atom is 0.573 e. The predicted molar refractivity (Wildman–Crippen MR) is 61.8 cm³/mol. The minimum Gasteiger partial charge on any atom is -0.432 e. The van der Waals surface area contributed by atoms with E-state index in [9.17, 15) is 22.0 Å². The van der Waals surface area contributed by atoms with Crippen LogP contribution in [0.2, 0.25) is 0 Å². The van der Waals surface area contributed by atoms with Crippen LogP contribution in [-0.4, -0.2) is 11.3 Å². The van der Waals surface area contributed by atoms with E-state index in [4.69, 9.17) is 10.5 Å². The third kappa shape index (κ3) is 3.71. The van der Waals surface area contributed by atoms with E-state index in [2.05, 4.69) is 9.72 Å². The highest BCUT2D eigenvalue weighted by Crippen LogP contribution is 2.35. The largest absolute Gasteiger partial charge is 0.573 e. The van der Waals surface area contributed by atoms with Gasteiger partial charge in [-0.1, -0.05) is 12.1 Å². The molecule has 0 spiro atoms. The molecule has 0 saturated heterocycles. The van der Waals surface area contributed by atoms with Crippen LogP contribution >= 0.6 is 0 Å². The lowest BCUT2D eigenvalue weighted by molar-refractivity contribution is -0.275. The van der Waals surface area contributed by atoms with Gasteiger partial charge in [-0.25, -0.2) is 8.78 Å². The van der Waals surface area contributed by atoms with Gasteiger partial charge in [-0.15, -0.1) is 13.2 Å². The summed E-state index contributed by atoms with van der Waals surface area (Å²) in [5, 5.41) is 0. The van der Waals surface area contributed by atoms with Crippen molar-refractivity contribution >= 4 is 5.82 Å². The first-order valence-electron chi connectivity index (χ1n) is 5.40. The van der Waals surface area contributed by atoms with E-state index in [1.165, 1.54) is 12.1 Å². The van der Waals surface area contributed by atoms with Gasteiger partial charge < -0.3 is 15.2 Å². The molecule has 0 unspecified atom stereocenters. The van der Waals surface area contributed by atoms with E-state index in [0.717, 1.165) is 12.1 Å². The van der Waals surface area contributed by atoms with Crippen molar-refractivity contribution in [3.05, 3.63) is 42.0 Å². The van der Waals surface area contributed by atoms with Crippen molar-refractivity contribution in [1.82, 2.24) is 4.98 Å². The number of hydrogen-bond acceptors (Lipinski definition) is 4. The first kappa shape index (κ1) is 14.8. The van der Waals surface area contributed by atoms with E-state index >= 15 is 0 Å². The Balaban J connectivity index is 2.34. The predicted octanol–water partition coefficient (Wildman–Crippen LogP) is 3.63. The highest BCUT2D eigenvalue weighted by atomic mass is 19.4. The molecule has 0 aliphatic carbocycles. The minimum atomic E-state index is -4.95. The molecule has 2 rings (SSSR count). The van der Waals surface area contributed by atoms with Crippen LogP contribution in [0.25, 0.3) is 0 Å². The Kier molecular flexibility index (Phi) is 3.83. The molecular formula is C12H7F5N2O2. The topological polar surface area (TPSA) is 57.4 Å². The first-order chi connectivity index (χ1) is 9.76. The van der Waals surface area contributed by atoms with Gasteiger partial charge in [0.05, 0.1) is 0 Å². The molecule has 0 bridgehead atoms. The Morgan fingerprint density at radius 3 is 2.24 bits per heavy atom. The van der Waals surface area contributed by atoms with Crippen molar-refractivity contribution in [3.63, 3.8) is 0 Å². The Labute approximate surface area is 114 Å². The average Bonchev–Trinajstić information content (AvgIpc) is 2.36. The third-order valence-electron chi connectivity index (χ3n) is 2.21. The number of alkyl halides is 3. The van der Waals surface area contributed by atoms with Gasteiger partial charge in [0.1, 0.15) is 0 Å². The van der Waals surface area contributed by atoms with Crippen LogP contribution in [0.3, 0.4) is 0 Å². The number of nitrogens with two attached hydrogens (primary N) is 1. The zero-order valence-corrected chi connectivity index (χ0v) is 10.1. The molecule has 4 nitrogen and oxygen atoms in total. The summed E-state index contributed by atoms with van der Waals surface area (Å²) < 4.78 is 71.6. The minimum absolute atomic E-state index is 0.408. The van der Waals surface area contributed by atoms with Crippen LogP contribution in [0, 0.1) is 11.6 Å². The van der Waals surface area contributed by atoms with Crippen molar-refractivity contribution in [1.29, 1.82) is 0 Å². The van der Waals surface area contributed by atoms with Gasteiger partial charge in [-0.2, -0.15) is 4.98 Å². The fourth-order valence-corrected chi connectivity index (χ4v) is 1.38. The molecule has 2 aromatic rings. The van der Waals surface area contributed by atoms with Gasteiger partial charge in [-0.05, 0) is 12.1 Å². The van der Waals surface area contributed by atoms with Gasteiger partial charge >= 0.3 is 6.36 Å². The van der Waals surface area contributed by atoms with E-state index in [1.807, 2.05) is 0 Å². The number of rotatable bonds is 3. The molecule has 0 aliphatic heterocycles. The number of halogens is 5. The van der Waals surface area contributed by atoms with Gasteiger partial charge in [-0.3, -0.25) is 0 Å². The Morgan fingerprint density at radius 1 is 1.00 bits per heavy atom. The van der Waals surface area contributed by atoms with E-state index < -0.39 is 41.2 Å². The molecule has 1 heterocycles. The highest BCUT2D eigenvalue weighted by molar-refractivity contribution is 5.43. The lowest BCUT2D eigenvalue weighted by Crippen LogP contribution is -2.17. The highest BCUT2D eigenvalue weighted by Gasteiger charge is 2.32. The van der Waals surface area contributed by atoms with Crippen LogP contribution in [0.15, 0.2) is 30.3 Å². The van der Waals surface area contributed by atoms with Crippen molar-refractivity contribution in [2.75, 3.05) is 5.73 Å². The van der Waals surface area contributed by atoms with Crippen molar-refractivity contribution in [2.45, 2.75) is 6.36 Å². The van der Waals surface area contributed by atoms with E-state index in [0.29, 0.717) is 6.07 Å². The van der Waals surface area contributed by atoms with Gasteiger partial charge in [0.25, 0.3) is 5.88 Å². The van der Waals surface area contributed by atoms with Crippen LogP contribution in [0.5, 0.6) is 17.4 Å². The standard InChI is InChI=1S/C12H7F5N2O2/c13-6-5-7(14)11(19-10(6)18)20-8-3-1-2-4-9(8)21-12(15,16)17/h1-5H,(H2,18,19). The molecule has 2 N–H and O–H groups in total. The van der Waals surface area contributed by atoms with Crippen LogP contribution in [0.1, 0.15) is 0 Å². The lowest BCUT2D eigenvalue weighted by atomic mass is 10.3. The second kappa shape index (κ2) is 5.43. The fraction of sp³-hybridized carbons (Fsp3) is 0.0833. The summed E-state index contributed by atoms with van der Waals surface area (Å²) >= 11 is 0. The van der Waals surface area contributed by atoms with Gasteiger partial charge in [0.2, 0.25) is 0 Å². The number of nitrogen functional groups attached to an aromatic ring is 1. The number of aromatic nitrogens is 1. The van der Waals surface area contributed by atoms with Gasteiger partial charge in [0.15, 0.2) is 29.0 Å². The number of anilines is 1. The molecule has 0 aliphatic rings. The molecule has 1 aromatic heterocycles. The number of para-hydroxylation sites is 2. The zero-order valence-electron chi connectivity index (χ0n) is 10.1. The Bertz CT molecular complexity index is 661. The molecule has 0 fully saturated rings. The smallest absolute Gasteiger partial charge is 0.432 e. The molecule has 0 atom stereocenters. The summed E-state index contributed by atoms with van der Waals surface area (Å²) in [7, 11) is 0. The number of nitrogens with zero attached hydrogens (tertiary/aromatic N) is 1. The molecule has 1 aromatic carbocycles. The van der Waals surface area contributed by atoms with Gasteiger partial charge in [0, 0.05) is 6.07 Å². The van der Waals surface area contributed by atoms with Crippen molar-refractivity contribution < 1.29 is 31.4 Å². The maximum absolute atomic E-state index is 13.4. The molecular weight excluding hydrogens is 299 g/mol. The number of hydrogen-bond donors (Lipinski definition) is 1. The van der Waals surface area contributed by atoms with E-state index in [1.54, 1.807) is 0 Å². The summed E-state index contributed by atoms with van der Waals surface area (Å²) in [5.41, 5.74) is 5.14. The second-order valence-corrected chi connectivity index (χ2v) is 3.74. The molecule has 9 heteroatoms. The molecule has 0 amide bonds. The molecule has 21 heavy (non-hydrogen) atoms. The molecule has 112 valence electrons. The fourth-order valence-electron chi connectivity index (χ4n) is 1.38. The normalized spacial score (nSPS) is 11.3. The summed E-state index contributed by atoms with van der Waals surface area (Å²) in [6, 6.07) is 5.07. The number of benzene rings is 1. The second-order valence-electron chi connectivity index (χ2n) is 3.74. The lowest BCUT2D eigenvalue weighted by Gasteiger charge is -2.13. The van der Waals surface area contributed by atoms with Crippen LogP contribution in [-0.2, 0) is 0 Å². The molecule has 0 radical (unpaired) electrons. The van der Waals surface area contributed by atoms with Crippen LogP contribution < -0.4 is 15.2 Å². The summed E-state index contributed by atoms with van der Waals surface area (Å²) in [6.07, 6.45) is -4.95. The quantitative estimate of drug-likeness (QED) is 0.880. The number of ether oxygens (including phenoxy) is 2. The average molecular weight is 306 g/mol. The molecule has 0 saturated carbocycles. The monoisotopic (exact) mass is 306 g/mol. The van der Waals surface area contributed by atoms with Crippen molar-refractivity contribution in [3.8, 4) is 17.4 Å². The summed E-state index contributed by atoms with van der Waals surface area (Å²) in [5.74, 6) is -4.91. The van der Waals surface area contributed by atoms with Crippen molar-refractivity contribution in [2.24, 2.45) is 0 Å². The third-order valence-corrected chi connectivity index (χ3v) is 2.21. The zero-order chi connectivity index (χ0) is 15.6. The summed E-state index contributed by atoms with van der Waals surface area (Å²) in [6.45, 7) is 0. The number of pyridine rings is 1. The Morgan fingerprint density at radius 2 is 1.62 bits per heavy atom. The van der Waals surface area contributed by atoms with Crippen LogP contribution in [0.4, 0.5) is 27.8 Å². The Hall–Kier alpha value is -2.58.